The second-order valence-corrected chi connectivity index (χ2v) is 4.84. The molecule has 15 heavy (non-hydrogen) atoms. The van der Waals surface area contributed by atoms with Crippen molar-refractivity contribution < 1.29 is 30.1 Å². The van der Waals surface area contributed by atoms with Crippen molar-refractivity contribution >= 4 is 20.5 Å². The summed E-state index contributed by atoms with van der Waals surface area (Å²) >= 11 is 0. The van der Waals surface area contributed by atoms with Crippen LogP contribution in [0, 0.1) is 0 Å². The quantitative estimate of drug-likeness (QED) is 0.735. The smallest absolute Gasteiger partial charge is 0.360 e. The van der Waals surface area contributed by atoms with E-state index in [2.05, 4.69) is 4.18 Å². The van der Waals surface area contributed by atoms with Crippen molar-refractivity contribution in [3.63, 3.8) is 0 Å². The zero-order valence-corrected chi connectivity index (χ0v) is 8.69. The summed E-state index contributed by atoms with van der Waals surface area (Å²) in [5.41, 5.74) is 0. The van der Waals surface area contributed by atoms with Crippen LogP contribution < -0.4 is 4.18 Å². The van der Waals surface area contributed by atoms with Gasteiger partial charge in [-0.25, -0.2) is 0 Å². The van der Waals surface area contributed by atoms with Gasteiger partial charge in [-0.2, -0.15) is 16.8 Å². The van der Waals surface area contributed by atoms with Crippen LogP contribution >= 0.6 is 0 Å². The van der Waals surface area contributed by atoms with E-state index in [1.807, 2.05) is 0 Å². The van der Waals surface area contributed by atoms with Crippen LogP contribution in [0.15, 0.2) is 29.2 Å². The molecule has 9 heteroatoms. The highest BCUT2D eigenvalue weighted by Crippen LogP contribution is 2.23. The summed E-state index contributed by atoms with van der Waals surface area (Å²) in [5.74, 6) is -0.678. The molecule has 1 aromatic carbocycles. The molecule has 84 valence electrons. The van der Waals surface area contributed by atoms with Gasteiger partial charge in [0.15, 0.2) is 5.75 Å². The standard InChI is InChI=1S/C6H6O7S2/c7-14(8,9)6-4-2-1-3-5(6)13-15(10,11)12/h1-4H,(H,7,8,9)(H,10,11,12). The molecule has 2 N–H and O–H groups in total. The molecule has 0 bridgehead atoms. The Morgan fingerprint density at radius 2 is 1.53 bits per heavy atom. The third kappa shape index (κ3) is 3.47. The fraction of sp³-hybridized carbons (Fsp3) is 0. The Bertz CT molecular complexity index is 557. The van der Waals surface area contributed by atoms with E-state index >= 15 is 0 Å². The fourth-order valence-corrected chi connectivity index (χ4v) is 1.89. The van der Waals surface area contributed by atoms with E-state index in [4.69, 9.17) is 9.11 Å². The second-order valence-electron chi connectivity index (χ2n) is 2.43. The number of hydrogen-bond donors (Lipinski definition) is 2. The monoisotopic (exact) mass is 254 g/mol. The van der Waals surface area contributed by atoms with Gasteiger partial charge < -0.3 is 4.18 Å². The number of para-hydroxylation sites is 1. The predicted molar refractivity (Wildman–Crippen MR) is 48.4 cm³/mol. The van der Waals surface area contributed by atoms with E-state index in [1.54, 1.807) is 0 Å². The molecule has 0 heterocycles. The van der Waals surface area contributed by atoms with Crippen LogP contribution in [0.5, 0.6) is 5.75 Å². The van der Waals surface area contributed by atoms with Crippen LogP contribution in [-0.4, -0.2) is 25.9 Å². The maximum Gasteiger partial charge on any atom is 0.446 e. The van der Waals surface area contributed by atoms with E-state index in [0.29, 0.717) is 0 Å². The lowest BCUT2D eigenvalue weighted by Crippen LogP contribution is -2.10. The minimum atomic E-state index is -4.84. The highest BCUT2D eigenvalue weighted by molar-refractivity contribution is 7.86. The molecule has 0 atom stereocenters. The SMILES string of the molecule is O=S(=O)(O)Oc1ccccc1S(=O)(=O)O. The Hall–Kier alpha value is -1.16. The molecule has 0 unspecified atom stereocenters. The third-order valence-corrected chi connectivity index (χ3v) is 2.61. The van der Waals surface area contributed by atoms with Gasteiger partial charge in [-0.3, -0.25) is 9.11 Å². The molecular weight excluding hydrogens is 248 g/mol. The maximum atomic E-state index is 10.7. The van der Waals surface area contributed by atoms with Gasteiger partial charge in [-0.05, 0) is 12.1 Å². The van der Waals surface area contributed by atoms with Gasteiger partial charge in [0, 0.05) is 0 Å². The summed E-state index contributed by atoms with van der Waals surface area (Å²) < 4.78 is 63.1. The summed E-state index contributed by atoms with van der Waals surface area (Å²) in [6.07, 6.45) is 0. The summed E-state index contributed by atoms with van der Waals surface area (Å²) in [7, 11) is -9.44. The Morgan fingerprint density at radius 3 is 2.00 bits per heavy atom. The molecule has 1 rings (SSSR count). The molecule has 0 radical (unpaired) electrons. The van der Waals surface area contributed by atoms with Gasteiger partial charge in [0.25, 0.3) is 10.1 Å². The first-order chi connectivity index (χ1) is 6.70. The summed E-state index contributed by atoms with van der Waals surface area (Å²) in [6.45, 7) is 0. The molecule has 0 aliphatic carbocycles. The van der Waals surface area contributed by atoms with Gasteiger partial charge in [-0.15, -0.1) is 0 Å². The largest absolute Gasteiger partial charge is 0.446 e. The minimum absolute atomic E-state index is 0.678. The molecule has 0 aromatic heterocycles. The highest BCUT2D eigenvalue weighted by atomic mass is 32.3. The molecule has 0 aliphatic rings. The lowest BCUT2D eigenvalue weighted by Gasteiger charge is -2.04. The van der Waals surface area contributed by atoms with Crippen LogP contribution in [0.1, 0.15) is 0 Å². The Kier molecular flexibility index (Phi) is 3.00. The lowest BCUT2D eigenvalue weighted by molar-refractivity contribution is 0.382. The van der Waals surface area contributed by atoms with Gasteiger partial charge in [0.1, 0.15) is 4.90 Å². The molecule has 0 spiro atoms. The van der Waals surface area contributed by atoms with Crippen molar-refractivity contribution in [2.45, 2.75) is 4.90 Å². The molecule has 0 amide bonds. The first-order valence-electron chi connectivity index (χ1n) is 3.43. The average Bonchev–Trinajstić information content (AvgIpc) is 1.99. The molecule has 0 fully saturated rings. The van der Waals surface area contributed by atoms with Gasteiger partial charge in [0.2, 0.25) is 0 Å². The van der Waals surface area contributed by atoms with Crippen molar-refractivity contribution in [2.24, 2.45) is 0 Å². The second kappa shape index (κ2) is 3.77. The lowest BCUT2D eigenvalue weighted by atomic mass is 10.3. The van der Waals surface area contributed by atoms with Crippen molar-refractivity contribution in [1.29, 1.82) is 0 Å². The van der Waals surface area contributed by atoms with E-state index in [0.717, 1.165) is 12.1 Å². The molecule has 7 nitrogen and oxygen atoms in total. The topological polar surface area (TPSA) is 118 Å². The Labute approximate surface area is 86.0 Å². The summed E-state index contributed by atoms with van der Waals surface area (Å²) in [4.78, 5) is -0.748. The maximum absolute atomic E-state index is 10.7. The minimum Gasteiger partial charge on any atom is -0.360 e. The summed E-state index contributed by atoms with van der Waals surface area (Å²) in [6, 6.07) is 4.42. The first-order valence-corrected chi connectivity index (χ1v) is 6.24. The van der Waals surface area contributed by atoms with Crippen molar-refractivity contribution in [3.8, 4) is 5.75 Å². The van der Waals surface area contributed by atoms with Crippen LogP contribution in [0.3, 0.4) is 0 Å². The molecule has 0 aliphatic heterocycles. The molecule has 1 aromatic rings. The fourth-order valence-electron chi connectivity index (χ4n) is 0.846. The van der Waals surface area contributed by atoms with Gasteiger partial charge >= 0.3 is 10.4 Å². The van der Waals surface area contributed by atoms with Crippen LogP contribution in [-0.2, 0) is 20.5 Å². The number of hydrogen-bond acceptors (Lipinski definition) is 5. The van der Waals surface area contributed by atoms with Crippen LogP contribution in [0.2, 0.25) is 0 Å². The van der Waals surface area contributed by atoms with Crippen molar-refractivity contribution in [1.82, 2.24) is 0 Å². The third-order valence-electron chi connectivity index (χ3n) is 1.32. The number of benzene rings is 1. The molecule has 0 saturated heterocycles. The van der Waals surface area contributed by atoms with E-state index in [9.17, 15) is 16.8 Å². The zero-order valence-electron chi connectivity index (χ0n) is 7.06. The van der Waals surface area contributed by atoms with E-state index in [1.165, 1.54) is 12.1 Å². The van der Waals surface area contributed by atoms with Crippen molar-refractivity contribution in [2.75, 3.05) is 0 Å². The normalized spacial score (nSPS) is 12.4. The molecular formula is C6H6O7S2. The van der Waals surface area contributed by atoms with Gasteiger partial charge in [-0.1, -0.05) is 12.1 Å². The highest BCUT2D eigenvalue weighted by Gasteiger charge is 2.19. The number of rotatable bonds is 3. The van der Waals surface area contributed by atoms with E-state index < -0.39 is 31.2 Å². The summed E-state index contributed by atoms with van der Waals surface area (Å²) in [5, 5.41) is 0. The van der Waals surface area contributed by atoms with E-state index in [-0.39, 0.29) is 0 Å². The molecule has 0 saturated carbocycles. The Balaban J connectivity index is 3.32. The predicted octanol–water partition coefficient (Wildman–Crippen LogP) is 0.115. The average molecular weight is 254 g/mol. The Morgan fingerprint density at radius 1 is 1.00 bits per heavy atom. The zero-order chi connectivity index (χ0) is 11.7. The first kappa shape index (κ1) is 11.9. The van der Waals surface area contributed by atoms with Crippen LogP contribution in [0.25, 0.3) is 0 Å². The van der Waals surface area contributed by atoms with Gasteiger partial charge in [0.05, 0.1) is 0 Å². The van der Waals surface area contributed by atoms with Crippen LogP contribution in [0.4, 0.5) is 0 Å². The van der Waals surface area contributed by atoms with Crippen molar-refractivity contribution in [3.05, 3.63) is 24.3 Å².